The lowest BCUT2D eigenvalue weighted by atomic mass is 9.94. The van der Waals surface area contributed by atoms with Gasteiger partial charge in [-0.2, -0.15) is 5.26 Å². The standard InChI is InChI=1S/C32H27NOSi/c1-25(24-33)32(31-23-13-15-26-14-11-12-22-30(26)31)34-35(27-16-5-2-6-17-27,28-18-7-3-8-19-28)29-20-9-4-10-21-29/h2-23,25,32H,1H3/t25-,32+/m1/s1. The molecule has 170 valence electrons. The molecule has 0 N–H and O–H groups in total. The SMILES string of the molecule is C[C@H](C#N)[C@H](O[Si](c1ccccc1)(c1ccccc1)c1ccccc1)c1cccc2ccccc12. The molecule has 0 aromatic heterocycles. The van der Waals surface area contributed by atoms with Crippen molar-refractivity contribution < 1.29 is 4.43 Å². The molecule has 0 radical (unpaired) electrons. The van der Waals surface area contributed by atoms with Gasteiger partial charge < -0.3 is 4.43 Å². The average Bonchev–Trinajstić information content (AvgIpc) is 2.95. The van der Waals surface area contributed by atoms with Crippen molar-refractivity contribution in [2.75, 3.05) is 0 Å². The van der Waals surface area contributed by atoms with Crippen LogP contribution in [0.2, 0.25) is 0 Å². The van der Waals surface area contributed by atoms with E-state index in [9.17, 15) is 5.26 Å². The van der Waals surface area contributed by atoms with Crippen LogP contribution in [-0.4, -0.2) is 8.32 Å². The summed E-state index contributed by atoms with van der Waals surface area (Å²) in [7, 11) is -2.99. The Morgan fingerprint density at radius 1 is 0.600 bits per heavy atom. The highest BCUT2D eigenvalue weighted by atomic mass is 28.4. The number of nitriles is 1. The molecule has 5 aromatic carbocycles. The van der Waals surface area contributed by atoms with Gasteiger partial charge in [0.25, 0.3) is 8.32 Å². The van der Waals surface area contributed by atoms with E-state index in [1.54, 1.807) is 0 Å². The molecule has 0 fully saturated rings. The van der Waals surface area contributed by atoms with Crippen LogP contribution in [0.4, 0.5) is 0 Å². The van der Waals surface area contributed by atoms with E-state index in [0.29, 0.717) is 0 Å². The smallest absolute Gasteiger partial charge is 0.288 e. The summed E-state index contributed by atoms with van der Waals surface area (Å²) in [4.78, 5) is 0. The third-order valence-electron chi connectivity index (χ3n) is 6.63. The van der Waals surface area contributed by atoms with Gasteiger partial charge in [0.15, 0.2) is 0 Å². The number of fused-ring (bicyclic) bond motifs is 1. The number of benzene rings is 5. The Labute approximate surface area is 208 Å². The molecule has 3 heteroatoms. The van der Waals surface area contributed by atoms with Crippen molar-refractivity contribution in [3.05, 3.63) is 139 Å². The first kappa shape index (κ1) is 22.8. The lowest BCUT2D eigenvalue weighted by Gasteiger charge is -2.38. The molecule has 35 heavy (non-hydrogen) atoms. The predicted octanol–water partition coefficient (Wildman–Crippen LogP) is 5.72. The summed E-state index contributed by atoms with van der Waals surface area (Å²) in [6.45, 7) is 1.96. The van der Waals surface area contributed by atoms with Crippen molar-refractivity contribution in [3.8, 4) is 6.07 Å². The van der Waals surface area contributed by atoms with E-state index in [1.165, 1.54) is 0 Å². The lowest BCUT2D eigenvalue weighted by Crippen LogP contribution is -2.69. The summed E-state index contributed by atoms with van der Waals surface area (Å²) in [6.07, 6.45) is -0.404. The summed E-state index contributed by atoms with van der Waals surface area (Å²) in [6, 6.07) is 48.7. The van der Waals surface area contributed by atoms with Crippen LogP contribution in [0.15, 0.2) is 133 Å². The number of rotatable bonds is 7. The second-order valence-electron chi connectivity index (χ2n) is 8.80. The minimum absolute atomic E-state index is 0.344. The summed E-state index contributed by atoms with van der Waals surface area (Å²) in [5.41, 5.74) is 1.05. The van der Waals surface area contributed by atoms with Crippen molar-refractivity contribution in [1.29, 1.82) is 5.26 Å². The summed E-state index contributed by atoms with van der Waals surface area (Å²) in [5.74, 6) is -0.344. The van der Waals surface area contributed by atoms with Crippen LogP contribution >= 0.6 is 0 Å². The monoisotopic (exact) mass is 469 g/mol. The fraction of sp³-hybridized carbons (Fsp3) is 0.0938. The minimum Gasteiger partial charge on any atom is -0.396 e. The van der Waals surface area contributed by atoms with Gasteiger partial charge in [0.1, 0.15) is 0 Å². The van der Waals surface area contributed by atoms with Crippen molar-refractivity contribution >= 4 is 34.7 Å². The summed E-state index contributed by atoms with van der Waals surface area (Å²) >= 11 is 0. The van der Waals surface area contributed by atoms with Gasteiger partial charge >= 0.3 is 0 Å². The van der Waals surface area contributed by atoms with Gasteiger partial charge in [0, 0.05) is 0 Å². The number of nitrogens with zero attached hydrogens (tertiary/aromatic N) is 1. The van der Waals surface area contributed by atoms with E-state index in [0.717, 1.165) is 31.9 Å². The summed E-state index contributed by atoms with van der Waals surface area (Å²) < 4.78 is 7.46. The third kappa shape index (κ3) is 4.30. The largest absolute Gasteiger partial charge is 0.396 e. The third-order valence-corrected chi connectivity index (χ3v) is 10.7. The molecule has 0 aliphatic rings. The Morgan fingerprint density at radius 3 is 1.57 bits per heavy atom. The average molecular weight is 470 g/mol. The van der Waals surface area contributed by atoms with Gasteiger partial charge in [-0.25, -0.2) is 0 Å². The molecule has 5 rings (SSSR count). The zero-order valence-electron chi connectivity index (χ0n) is 19.7. The van der Waals surface area contributed by atoms with Gasteiger partial charge in [0.05, 0.1) is 18.1 Å². The van der Waals surface area contributed by atoms with Crippen LogP contribution < -0.4 is 15.6 Å². The molecule has 0 amide bonds. The van der Waals surface area contributed by atoms with Crippen LogP contribution in [0.5, 0.6) is 0 Å². The second-order valence-corrected chi connectivity index (χ2v) is 12.1. The van der Waals surface area contributed by atoms with E-state index in [-0.39, 0.29) is 5.92 Å². The quantitative estimate of drug-likeness (QED) is 0.225. The summed E-state index contributed by atoms with van der Waals surface area (Å²) in [5, 5.41) is 15.9. The molecular weight excluding hydrogens is 442 g/mol. The van der Waals surface area contributed by atoms with Crippen molar-refractivity contribution in [1.82, 2.24) is 0 Å². The molecule has 2 atom stereocenters. The Bertz CT molecular complexity index is 1340. The normalized spacial score (nSPS) is 13.1. The Morgan fingerprint density at radius 2 is 1.06 bits per heavy atom. The first-order chi connectivity index (χ1) is 17.2. The maximum atomic E-state index is 10.1. The molecule has 0 spiro atoms. The van der Waals surface area contributed by atoms with Crippen LogP contribution in [-0.2, 0) is 4.43 Å². The fourth-order valence-electron chi connectivity index (χ4n) is 4.91. The molecule has 2 nitrogen and oxygen atoms in total. The molecular formula is C32H27NOSi. The van der Waals surface area contributed by atoms with Crippen molar-refractivity contribution in [3.63, 3.8) is 0 Å². The highest BCUT2D eigenvalue weighted by Crippen LogP contribution is 2.34. The lowest BCUT2D eigenvalue weighted by molar-refractivity contribution is 0.171. The van der Waals surface area contributed by atoms with E-state index in [2.05, 4.69) is 115 Å². The first-order valence-electron chi connectivity index (χ1n) is 12.0. The van der Waals surface area contributed by atoms with Crippen LogP contribution in [0.3, 0.4) is 0 Å². The molecule has 0 unspecified atom stereocenters. The minimum atomic E-state index is -2.99. The van der Waals surface area contributed by atoms with Crippen LogP contribution in [0.25, 0.3) is 10.8 Å². The van der Waals surface area contributed by atoms with Gasteiger partial charge in [-0.15, -0.1) is 0 Å². The highest BCUT2D eigenvalue weighted by Gasteiger charge is 2.45. The fourth-order valence-corrected chi connectivity index (χ4v) is 9.02. The number of hydrogen-bond donors (Lipinski definition) is 0. The van der Waals surface area contributed by atoms with E-state index < -0.39 is 14.4 Å². The van der Waals surface area contributed by atoms with E-state index >= 15 is 0 Å². The second kappa shape index (κ2) is 10.1. The Hall–Kier alpha value is -3.97. The molecule has 0 saturated heterocycles. The zero-order chi connectivity index (χ0) is 24.1. The predicted molar refractivity (Wildman–Crippen MR) is 147 cm³/mol. The van der Waals surface area contributed by atoms with Gasteiger partial charge in [-0.3, -0.25) is 0 Å². The number of hydrogen-bond acceptors (Lipinski definition) is 2. The van der Waals surface area contributed by atoms with E-state index in [4.69, 9.17) is 4.43 Å². The van der Waals surface area contributed by atoms with Gasteiger partial charge in [-0.05, 0) is 38.8 Å². The molecule has 0 aliphatic carbocycles. The van der Waals surface area contributed by atoms with Crippen molar-refractivity contribution in [2.45, 2.75) is 13.0 Å². The zero-order valence-corrected chi connectivity index (χ0v) is 20.7. The Balaban J connectivity index is 1.80. The van der Waals surface area contributed by atoms with Crippen LogP contribution in [0.1, 0.15) is 18.6 Å². The maximum absolute atomic E-state index is 10.1. The maximum Gasteiger partial charge on any atom is 0.288 e. The highest BCUT2D eigenvalue weighted by molar-refractivity contribution is 7.07. The van der Waals surface area contributed by atoms with Crippen LogP contribution in [0, 0.1) is 17.2 Å². The van der Waals surface area contributed by atoms with E-state index in [1.807, 2.05) is 31.2 Å². The Kier molecular flexibility index (Phi) is 6.59. The molecule has 0 aliphatic heterocycles. The first-order valence-corrected chi connectivity index (χ1v) is 13.9. The van der Waals surface area contributed by atoms with Gasteiger partial charge in [-0.1, -0.05) is 133 Å². The van der Waals surface area contributed by atoms with Crippen molar-refractivity contribution in [2.24, 2.45) is 5.92 Å². The molecule has 0 bridgehead atoms. The molecule has 0 saturated carbocycles. The topological polar surface area (TPSA) is 33.0 Å². The van der Waals surface area contributed by atoms with Gasteiger partial charge in [0.2, 0.25) is 0 Å². The molecule has 5 aromatic rings. The molecule has 0 heterocycles.